The molecule has 18 heavy (non-hydrogen) atoms. The summed E-state index contributed by atoms with van der Waals surface area (Å²) in [6.45, 7) is 0. The molecule has 0 aliphatic carbocycles. The highest BCUT2D eigenvalue weighted by Crippen LogP contribution is 2.23. The molecule has 3 rings (SSSR count). The second kappa shape index (κ2) is 4.89. The third-order valence-electron chi connectivity index (χ3n) is 2.32. The average Bonchev–Trinajstić information content (AvgIpc) is 2.89. The minimum Gasteiger partial charge on any atom is -0.261 e. The summed E-state index contributed by atoms with van der Waals surface area (Å²) >= 11 is 1.58. The van der Waals surface area contributed by atoms with Crippen LogP contribution >= 0.6 is 11.3 Å². The Morgan fingerprint density at radius 2 is 2.17 bits per heavy atom. The number of nitrogens with zero attached hydrogens (tertiary/aromatic N) is 4. The van der Waals surface area contributed by atoms with E-state index in [0.717, 1.165) is 15.9 Å². The topological polar surface area (TPSA) is 63.1 Å². The van der Waals surface area contributed by atoms with Crippen molar-refractivity contribution in [3.63, 3.8) is 0 Å². The van der Waals surface area contributed by atoms with Crippen molar-refractivity contribution in [3.05, 3.63) is 47.9 Å². The van der Waals surface area contributed by atoms with Crippen molar-refractivity contribution in [2.45, 2.75) is 0 Å². The van der Waals surface area contributed by atoms with Gasteiger partial charge < -0.3 is 0 Å². The standard InChI is InChI=1S/C12H9N5S/c1-2-5-13-9(3-1)7-16-17-11-10-4-6-18-12(10)15-8-14-11/h1-8H,(H,14,15,17). The van der Waals surface area contributed by atoms with Crippen LogP contribution in [0.1, 0.15) is 5.69 Å². The Morgan fingerprint density at radius 3 is 3.06 bits per heavy atom. The number of hydrogen-bond donors (Lipinski definition) is 1. The molecule has 0 bridgehead atoms. The Hall–Kier alpha value is -2.34. The molecule has 0 saturated carbocycles. The number of aromatic nitrogens is 3. The van der Waals surface area contributed by atoms with Crippen molar-refractivity contribution in [1.82, 2.24) is 15.0 Å². The summed E-state index contributed by atoms with van der Waals surface area (Å²) in [7, 11) is 0. The van der Waals surface area contributed by atoms with Gasteiger partial charge in [0.15, 0.2) is 5.82 Å². The Bertz CT molecular complexity index is 677. The van der Waals surface area contributed by atoms with Crippen LogP contribution in [-0.2, 0) is 0 Å². The van der Waals surface area contributed by atoms with Crippen LogP contribution in [0.3, 0.4) is 0 Å². The molecule has 5 nitrogen and oxygen atoms in total. The molecule has 0 aliphatic heterocycles. The number of thiophene rings is 1. The first-order valence-electron chi connectivity index (χ1n) is 5.32. The largest absolute Gasteiger partial charge is 0.261 e. The van der Waals surface area contributed by atoms with Crippen LogP contribution in [0.15, 0.2) is 47.3 Å². The van der Waals surface area contributed by atoms with Crippen LogP contribution in [0.2, 0.25) is 0 Å². The summed E-state index contributed by atoms with van der Waals surface area (Å²) in [5.41, 5.74) is 3.70. The number of pyridine rings is 1. The highest BCUT2D eigenvalue weighted by molar-refractivity contribution is 7.16. The maximum Gasteiger partial charge on any atom is 0.158 e. The second-order valence-corrected chi connectivity index (χ2v) is 4.38. The van der Waals surface area contributed by atoms with E-state index in [4.69, 9.17) is 0 Å². The molecular formula is C12H9N5S. The molecule has 0 amide bonds. The normalized spacial score (nSPS) is 11.1. The summed E-state index contributed by atoms with van der Waals surface area (Å²) in [5, 5.41) is 7.07. The molecule has 0 spiro atoms. The van der Waals surface area contributed by atoms with Crippen LogP contribution in [0, 0.1) is 0 Å². The zero-order valence-electron chi connectivity index (χ0n) is 9.32. The first kappa shape index (κ1) is 10.8. The van der Waals surface area contributed by atoms with Gasteiger partial charge in [-0.1, -0.05) is 6.07 Å². The fraction of sp³-hybridized carbons (Fsp3) is 0. The smallest absolute Gasteiger partial charge is 0.158 e. The number of hydrazone groups is 1. The third-order valence-corrected chi connectivity index (χ3v) is 3.14. The first-order valence-corrected chi connectivity index (χ1v) is 6.20. The molecule has 1 N–H and O–H groups in total. The molecule has 0 unspecified atom stereocenters. The second-order valence-electron chi connectivity index (χ2n) is 3.49. The summed E-state index contributed by atoms with van der Waals surface area (Å²) in [6.07, 6.45) is 4.90. The van der Waals surface area contributed by atoms with E-state index in [-0.39, 0.29) is 0 Å². The number of anilines is 1. The van der Waals surface area contributed by atoms with Crippen LogP contribution in [0.25, 0.3) is 10.2 Å². The molecule has 6 heteroatoms. The molecule has 0 aliphatic rings. The molecule has 88 valence electrons. The lowest BCUT2D eigenvalue weighted by Crippen LogP contribution is -1.95. The molecule has 0 fully saturated rings. The Balaban J connectivity index is 1.81. The fourth-order valence-corrected chi connectivity index (χ4v) is 2.22. The van der Waals surface area contributed by atoms with Gasteiger partial charge in [-0.25, -0.2) is 9.97 Å². The number of rotatable bonds is 3. The van der Waals surface area contributed by atoms with Gasteiger partial charge in [0.2, 0.25) is 0 Å². The van der Waals surface area contributed by atoms with E-state index in [1.165, 1.54) is 6.33 Å². The van der Waals surface area contributed by atoms with Gasteiger partial charge in [-0.15, -0.1) is 11.3 Å². The van der Waals surface area contributed by atoms with Crippen LogP contribution in [0.5, 0.6) is 0 Å². The predicted octanol–water partition coefficient (Wildman–Crippen LogP) is 2.53. The number of hydrogen-bond acceptors (Lipinski definition) is 6. The van der Waals surface area contributed by atoms with Gasteiger partial charge in [0.1, 0.15) is 11.2 Å². The lowest BCUT2D eigenvalue weighted by Gasteiger charge is -1.99. The van der Waals surface area contributed by atoms with Gasteiger partial charge in [-0.2, -0.15) is 5.10 Å². The Labute approximate surface area is 107 Å². The van der Waals surface area contributed by atoms with Crippen molar-refractivity contribution in [2.75, 3.05) is 5.43 Å². The van der Waals surface area contributed by atoms with Crippen molar-refractivity contribution in [3.8, 4) is 0 Å². The van der Waals surface area contributed by atoms with E-state index < -0.39 is 0 Å². The zero-order valence-corrected chi connectivity index (χ0v) is 10.1. The van der Waals surface area contributed by atoms with Crippen LogP contribution < -0.4 is 5.43 Å². The third kappa shape index (κ3) is 2.18. The lowest BCUT2D eigenvalue weighted by molar-refractivity contribution is 1.19. The van der Waals surface area contributed by atoms with E-state index in [1.54, 1.807) is 23.7 Å². The number of fused-ring (bicyclic) bond motifs is 1. The molecule has 3 aromatic rings. The van der Waals surface area contributed by atoms with Gasteiger partial charge in [0.25, 0.3) is 0 Å². The minimum atomic E-state index is 0.702. The summed E-state index contributed by atoms with van der Waals surface area (Å²) in [6, 6.07) is 7.63. The Morgan fingerprint density at radius 1 is 1.17 bits per heavy atom. The SMILES string of the molecule is C(=NNc1ncnc2sccc12)c1ccccn1. The van der Waals surface area contributed by atoms with E-state index in [0.29, 0.717) is 5.82 Å². The van der Waals surface area contributed by atoms with Gasteiger partial charge >= 0.3 is 0 Å². The maximum absolute atomic E-state index is 4.17. The van der Waals surface area contributed by atoms with Gasteiger partial charge in [0.05, 0.1) is 17.3 Å². The van der Waals surface area contributed by atoms with Crippen LogP contribution in [0.4, 0.5) is 5.82 Å². The quantitative estimate of drug-likeness (QED) is 0.577. The Kier molecular flexibility index (Phi) is 2.93. The minimum absolute atomic E-state index is 0.702. The van der Waals surface area contributed by atoms with Crippen LogP contribution in [-0.4, -0.2) is 21.2 Å². The maximum atomic E-state index is 4.17. The van der Waals surface area contributed by atoms with Crippen molar-refractivity contribution < 1.29 is 0 Å². The summed E-state index contributed by atoms with van der Waals surface area (Å²) in [5.74, 6) is 0.702. The molecule has 3 heterocycles. The van der Waals surface area contributed by atoms with E-state index >= 15 is 0 Å². The number of nitrogens with one attached hydrogen (secondary N) is 1. The highest BCUT2D eigenvalue weighted by Gasteiger charge is 2.02. The summed E-state index contributed by atoms with van der Waals surface area (Å²) in [4.78, 5) is 13.4. The molecular weight excluding hydrogens is 246 g/mol. The summed E-state index contributed by atoms with van der Waals surface area (Å²) < 4.78 is 0. The molecule has 3 aromatic heterocycles. The van der Waals surface area contributed by atoms with Crippen molar-refractivity contribution in [1.29, 1.82) is 0 Å². The molecule has 0 atom stereocenters. The fourth-order valence-electron chi connectivity index (χ4n) is 1.49. The molecule has 0 saturated heterocycles. The van der Waals surface area contributed by atoms with Gasteiger partial charge in [-0.3, -0.25) is 10.4 Å². The van der Waals surface area contributed by atoms with Gasteiger partial charge in [0, 0.05) is 6.20 Å². The lowest BCUT2D eigenvalue weighted by atomic mass is 10.4. The van der Waals surface area contributed by atoms with E-state index in [2.05, 4.69) is 25.5 Å². The van der Waals surface area contributed by atoms with Crippen molar-refractivity contribution >= 4 is 33.6 Å². The molecule has 0 aromatic carbocycles. The predicted molar refractivity (Wildman–Crippen MR) is 72.9 cm³/mol. The first-order chi connectivity index (χ1) is 8.93. The molecule has 0 radical (unpaired) electrons. The van der Waals surface area contributed by atoms with Crippen molar-refractivity contribution in [2.24, 2.45) is 5.10 Å². The van der Waals surface area contributed by atoms with Gasteiger partial charge in [-0.05, 0) is 23.6 Å². The van der Waals surface area contributed by atoms with E-state index in [9.17, 15) is 0 Å². The monoisotopic (exact) mass is 255 g/mol. The highest BCUT2D eigenvalue weighted by atomic mass is 32.1. The van der Waals surface area contributed by atoms with E-state index in [1.807, 2.05) is 29.6 Å². The zero-order chi connectivity index (χ0) is 12.2. The average molecular weight is 255 g/mol.